The van der Waals surface area contributed by atoms with Crippen LogP contribution < -0.4 is 5.32 Å². The van der Waals surface area contributed by atoms with Crippen LogP contribution >= 0.6 is 11.8 Å². The first-order chi connectivity index (χ1) is 12.1. The minimum atomic E-state index is -2.57. The van der Waals surface area contributed by atoms with Crippen molar-refractivity contribution in [2.45, 2.75) is 17.2 Å². The fourth-order valence-corrected chi connectivity index (χ4v) is 2.80. The molecule has 3 rings (SSSR count). The topological polar surface area (TPSA) is 59.8 Å². The van der Waals surface area contributed by atoms with Gasteiger partial charge in [-0.3, -0.25) is 4.79 Å². The van der Waals surface area contributed by atoms with Crippen LogP contribution in [0.1, 0.15) is 16.1 Å². The van der Waals surface area contributed by atoms with Gasteiger partial charge in [0.25, 0.3) is 11.7 Å². The predicted molar refractivity (Wildman–Crippen MR) is 91.8 cm³/mol. The zero-order chi connectivity index (χ0) is 17.6. The number of halogens is 2. The quantitative estimate of drug-likeness (QED) is 0.678. The number of nitrogens with one attached hydrogen (secondary N) is 1. The first kappa shape index (κ1) is 17.1. The van der Waals surface area contributed by atoms with Gasteiger partial charge in [0.15, 0.2) is 5.69 Å². The van der Waals surface area contributed by atoms with Crippen LogP contribution in [-0.4, -0.2) is 26.7 Å². The van der Waals surface area contributed by atoms with Crippen LogP contribution in [0.3, 0.4) is 0 Å². The third-order valence-corrected chi connectivity index (χ3v) is 4.10. The van der Waals surface area contributed by atoms with Crippen LogP contribution in [-0.2, 0) is 6.54 Å². The third kappa shape index (κ3) is 4.63. The van der Waals surface area contributed by atoms with Crippen LogP contribution in [0.2, 0.25) is 0 Å². The van der Waals surface area contributed by atoms with Crippen molar-refractivity contribution in [3.05, 3.63) is 72.1 Å². The maximum atomic E-state index is 12.6. The molecule has 5 nitrogen and oxygen atoms in total. The molecular formula is C17H14F2N4OS. The summed E-state index contributed by atoms with van der Waals surface area (Å²) in [4.78, 5) is 12.6. The fourth-order valence-electron chi connectivity index (χ4n) is 2.21. The maximum Gasteiger partial charge on any atom is 0.288 e. The monoisotopic (exact) mass is 360 g/mol. The molecule has 1 heterocycles. The molecular weight excluding hydrogens is 346 g/mol. The molecule has 2 aromatic carbocycles. The van der Waals surface area contributed by atoms with Gasteiger partial charge in [0.05, 0.1) is 18.4 Å². The highest BCUT2D eigenvalue weighted by molar-refractivity contribution is 7.99. The van der Waals surface area contributed by atoms with Gasteiger partial charge >= 0.3 is 0 Å². The molecule has 0 fully saturated rings. The molecule has 0 aliphatic carbocycles. The van der Waals surface area contributed by atoms with Crippen molar-refractivity contribution in [2.75, 3.05) is 5.32 Å². The van der Waals surface area contributed by atoms with E-state index in [0.29, 0.717) is 28.9 Å². The number of amides is 1. The van der Waals surface area contributed by atoms with Gasteiger partial charge in [-0.2, -0.15) is 8.78 Å². The van der Waals surface area contributed by atoms with Gasteiger partial charge in [-0.25, -0.2) is 4.68 Å². The third-order valence-electron chi connectivity index (χ3n) is 3.31. The van der Waals surface area contributed by atoms with Crippen LogP contribution in [0.5, 0.6) is 0 Å². The summed E-state index contributed by atoms with van der Waals surface area (Å²) in [6.45, 7) is 0.485. The molecule has 3 aromatic rings. The number of hydrogen-bond acceptors (Lipinski definition) is 4. The first-order valence-corrected chi connectivity index (χ1v) is 8.29. The van der Waals surface area contributed by atoms with E-state index < -0.39 is 11.7 Å². The van der Waals surface area contributed by atoms with Crippen molar-refractivity contribution in [2.24, 2.45) is 0 Å². The lowest BCUT2D eigenvalue weighted by Crippen LogP contribution is -2.13. The van der Waals surface area contributed by atoms with E-state index in [-0.39, 0.29) is 5.69 Å². The summed E-state index contributed by atoms with van der Waals surface area (Å²) in [6.07, 6.45) is 1.52. The molecule has 0 aliphatic rings. The number of thioether (sulfide) groups is 1. The second-order valence-electron chi connectivity index (χ2n) is 5.12. The number of rotatable bonds is 6. The number of carbonyl (C=O) groups excluding carboxylic acids is 1. The lowest BCUT2D eigenvalue weighted by Gasteiger charge is -2.08. The van der Waals surface area contributed by atoms with E-state index in [2.05, 4.69) is 15.6 Å². The lowest BCUT2D eigenvalue weighted by atomic mass is 10.2. The lowest BCUT2D eigenvalue weighted by molar-refractivity contribution is 0.102. The van der Waals surface area contributed by atoms with E-state index in [1.807, 2.05) is 30.3 Å². The summed E-state index contributed by atoms with van der Waals surface area (Å²) in [6, 6.07) is 16.0. The Bertz CT molecular complexity index is 855. The van der Waals surface area contributed by atoms with Gasteiger partial charge in [0.2, 0.25) is 0 Å². The van der Waals surface area contributed by atoms with Crippen molar-refractivity contribution in [1.29, 1.82) is 0 Å². The number of anilines is 1. The van der Waals surface area contributed by atoms with E-state index in [1.165, 1.54) is 12.3 Å². The minimum Gasteiger partial charge on any atom is -0.319 e. The largest absolute Gasteiger partial charge is 0.319 e. The molecule has 1 aromatic heterocycles. The van der Waals surface area contributed by atoms with E-state index >= 15 is 0 Å². The number of aromatic nitrogens is 3. The maximum absolute atomic E-state index is 12.6. The summed E-state index contributed by atoms with van der Waals surface area (Å²) in [5.41, 5.74) is 1.46. The average molecular weight is 360 g/mol. The molecule has 0 atom stereocenters. The molecule has 25 heavy (non-hydrogen) atoms. The Labute approximate surface area is 147 Å². The van der Waals surface area contributed by atoms with Gasteiger partial charge in [0.1, 0.15) is 0 Å². The molecule has 0 unspecified atom stereocenters. The summed E-state index contributed by atoms with van der Waals surface area (Å²) in [5, 5.41) is 10.4. The second-order valence-corrected chi connectivity index (χ2v) is 6.15. The van der Waals surface area contributed by atoms with Gasteiger partial charge in [-0.1, -0.05) is 59.4 Å². The average Bonchev–Trinajstić information content (AvgIpc) is 3.06. The Kier molecular flexibility index (Phi) is 5.39. The highest BCUT2D eigenvalue weighted by Crippen LogP contribution is 2.31. The number of nitrogens with zero attached hydrogens (tertiary/aromatic N) is 3. The van der Waals surface area contributed by atoms with Crippen LogP contribution in [0.15, 0.2) is 65.7 Å². The number of para-hydroxylation sites is 1. The zero-order valence-electron chi connectivity index (χ0n) is 13.0. The molecule has 128 valence electrons. The molecule has 0 spiro atoms. The van der Waals surface area contributed by atoms with Crippen LogP contribution in [0.4, 0.5) is 14.5 Å². The standard InChI is InChI=1S/C17H14F2N4OS/c18-17(19)25-15-9-5-4-8-13(15)20-16(24)14-11-23(22-21-14)10-12-6-2-1-3-7-12/h1-9,11,17H,10H2,(H,20,24). The number of alkyl halides is 2. The normalized spacial score (nSPS) is 10.8. The van der Waals surface area contributed by atoms with Crippen molar-refractivity contribution in [3.8, 4) is 0 Å². The first-order valence-electron chi connectivity index (χ1n) is 7.41. The number of carbonyl (C=O) groups is 1. The molecule has 0 saturated carbocycles. The summed E-state index contributed by atoms with van der Waals surface area (Å²) >= 11 is 0.380. The van der Waals surface area contributed by atoms with Crippen molar-refractivity contribution >= 4 is 23.4 Å². The smallest absolute Gasteiger partial charge is 0.288 e. The zero-order valence-corrected chi connectivity index (χ0v) is 13.8. The highest BCUT2D eigenvalue weighted by Gasteiger charge is 2.15. The summed E-state index contributed by atoms with van der Waals surface area (Å²) in [5.74, 6) is -3.06. The Morgan fingerprint density at radius 1 is 1.12 bits per heavy atom. The Morgan fingerprint density at radius 3 is 2.60 bits per heavy atom. The fraction of sp³-hybridized carbons (Fsp3) is 0.118. The predicted octanol–water partition coefficient (Wildman–Crippen LogP) is 3.89. The van der Waals surface area contributed by atoms with E-state index in [4.69, 9.17) is 0 Å². The van der Waals surface area contributed by atoms with Gasteiger partial charge in [-0.15, -0.1) is 5.10 Å². The van der Waals surface area contributed by atoms with Crippen molar-refractivity contribution in [1.82, 2.24) is 15.0 Å². The molecule has 0 aliphatic heterocycles. The van der Waals surface area contributed by atoms with Crippen molar-refractivity contribution in [3.63, 3.8) is 0 Å². The number of benzene rings is 2. The molecule has 0 radical (unpaired) electrons. The SMILES string of the molecule is O=C(Nc1ccccc1SC(F)F)c1cn(Cc2ccccc2)nn1. The second kappa shape index (κ2) is 7.89. The van der Waals surface area contributed by atoms with Crippen LogP contribution in [0, 0.1) is 0 Å². The summed E-state index contributed by atoms with van der Waals surface area (Å²) < 4.78 is 26.7. The molecule has 1 amide bonds. The molecule has 1 N–H and O–H groups in total. The Balaban J connectivity index is 1.70. The molecule has 0 saturated heterocycles. The summed E-state index contributed by atoms with van der Waals surface area (Å²) in [7, 11) is 0. The number of hydrogen-bond donors (Lipinski definition) is 1. The van der Waals surface area contributed by atoms with Gasteiger partial charge in [-0.05, 0) is 17.7 Å². The minimum absolute atomic E-state index is 0.118. The van der Waals surface area contributed by atoms with Crippen molar-refractivity contribution < 1.29 is 13.6 Å². The molecule has 8 heteroatoms. The van der Waals surface area contributed by atoms with Crippen LogP contribution in [0.25, 0.3) is 0 Å². The Hall–Kier alpha value is -2.74. The Morgan fingerprint density at radius 2 is 1.84 bits per heavy atom. The molecule has 0 bridgehead atoms. The van der Waals surface area contributed by atoms with Gasteiger partial charge < -0.3 is 5.32 Å². The van der Waals surface area contributed by atoms with Gasteiger partial charge in [0, 0.05) is 4.90 Å². The van der Waals surface area contributed by atoms with E-state index in [1.54, 1.807) is 22.9 Å². The van der Waals surface area contributed by atoms with E-state index in [9.17, 15) is 13.6 Å². The van der Waals surface area contributed by atoms with E-state index in [0.717, 1.165) is 5.56 Å². The highest BCUT2D eigenvalue weighted by atomic mass is 32.2.